The molecule has 74 valence electrons. The van der Waals surface area contributed by atoms with Crippen molar-refractivity contribution in [2.45, 2.75) is 6.36 Å². The molecule has 0 spiro atoms. The van der Waals surface area contributed by atoms with E-state index in [0.717, 1.165) is 6.07 Å². The van der Waals surface area contributed by atoms with Gasteiger partial charge >= 0.3 is 88.4 Å². The Morgan fingerprint density at radius 2 is 1.93 bits per heavy atom. The summed E-state index contributed by atoms with van der Waals surface area (Å²) >= 11 is -1.63. The third-order valence-corrected chi connectivity index (χ3v) is 4.71. The van der Waals surface area contributed by atoms with Gasteiger partial charge in [-0.05, 0) is 0 Å². The summed E-state index contributed by atoms with van der Waals surface area (Å²) in [6.45, 7) is 0. The van der Waals surface area contributed by atoms with Crippen LogP contribution in [0.3, 0.4) is 0 Å². The summed E-state index contributed by atoms with van der Waals surface area (Å²) in [5.74, 6) is -1.30. The van der Waals surface area contributed by atoms with E-state index >= 15 is 0 Å². The second kappa shape index (κ2) is 4.45. The molecule has 0 aliphatic carbocycles. The zero-order valence-corrected chi connectivity index (χ0v) is 10.5. The molecule has 0 saturated carbocycles. The number of ether oxygens (including phenoxy) is 1. The zero-order valence-electron chi connectivity index (χ0n) is 6.74. The second-order valence-electron chi connectivity index (χ2n) is 2.43. The number of hydrogen-bond donors (Lipinski definition) is 0. The van der Waals surface area contributed by atoms with Gasteiger partial charge in [0.1, 0.15) is 0 Å². The number of benzene rings is 1. The minimum absolute atomic E-state index is 0.314. The first-order chi connectivity index (χ1) is 6.42. The predicted octanol–water partition coefficient (Wildman–Crippen LogP) is 2.59. The van der Waals surface area contributed by atoms with Gasteiger partial charge in [0.05, 0.1) is 0 Å². The monoisotopic (exact) mass is 278 g/mol. The Balaban J connectivity index is 2.87. The van der Waals surface area contributed by atoms with E-state index in [-0.39, 0.29) is 0 Å². The van der Waals surface area contributed by atoms with E-state index in [0.29, 0.717) is 10.2 Å². The molecule has 1 aromatic carbocycles. The predicted molar refractivity (Wildman–Crippen MR) is 38.6 cm³/mol. The van der Waals surface area contributed by atoms with Crippen molar-refractivity contribution in [2.24, 2.45) is 0 Å². The Labute approximate surface area is 88.6 Å². The van der Waals surface area contributed by atoms with E-state index in [1.54, 1.807) is 0 Å². The Kier molecular flexibility index (Phi) is 3.73. The molecule has 0 amide bonds. The molecule has 0 heterocycles. The number of halogens is 5. The van der Waals surface area contributed by atoms with Gasteiger partial charge in [-0.2, -0.15) is 0 Å². The molecule has 0 unspecified atom stereocenters. The van der Waals surface area contributed by atoms with E-state index in [1.807, 2.05) is 0 Å². The summed E-state index contributed by atoms with van der Waals surface area (Å²) in [5, 5.41) is 0. The molecule has 7 heteroatoms. The Morgan fingerprint density at radius 1 is 1.29 bits per heavy atom. The first kappa shape index (κ1) is 11.7. The van der Waals surface area contributed by atoms with Gasteiger partial charge in [-0.1, -0.05) is 0 Å². The molecule has 1 aromatic rings. The van der Waals surface area contributed by atoms with E-state index in [2.05, 4.69) is 4.74 Å². The molecule has 0 N–H and O–H groups in total. The van der Waals surface area contributed by atoms with Crippen LogP contribution in [0, 0.1) is 5.82 Å². The molecule has 1 rings (SSSR count). The molecule has 0 aromatic heterocycles. The quantitative estimate of drug-likeness (QED) is 0.597. The molecule has 0 radical (unpaired) electrons. The van der Waals surface area contributed by atoms with E-state index < -0.39 is 34.1 Å². The van der Waals surface area contributed by atoms with Crippen molar-refractivity contribution in [3.8, 4) is 5.75 Å². The van der Waals surface area contributed by atoms with Crippen LogP contribution in [0.2, 0.25) is 0 Å². The van der Waals surface area contributed by atoms with Gasteiger partial charge < -0.3 is 0 Å². The Morgan fingerprint density at radius 3 is 2.36 bits per heavy atom. The standard InChI is InChI=1S/C7H3F4O.ClH.Zn/c8-5-2-1-3-6(4-5)12-7(9,10)11;;/h1,3-4H;1H;/q;;+1/p-1. The van der Waals surface area contributed by atoms with Crippen LogP contribution >= 0.6 is 9.69 Å². The first-order valence-electron chi connectivity index (χ1n) is 3.52. The van der Waals surface area contributed by atoms with Crippen molar-refractivity contribution < 1.29 is 38.4 Å². The fraction of sp³-hybridized carbons (Fsp3) is 0.143. The van der Waals surface area contributed by atoms with Crippen LogP contribution < -0.4 is 8.89 Å². The molecule has 1 nitrogen and oxygen atoms in total. The number of alkyl halides is 3. The molecule has 0 aliphatic heterocycles. The molecular weight excluding hydrogens is 277 g/mol. The maximum atomic E-state index is 12.9. The van der Waals surface area contributed by atoms with Crippen molar-refractivity contribution >= 4 is 13.8 Å². The van der Waals surface area contributed by atoms with Crippen LogP contribution in [-0.2, 0) is 16.1 Å². The topological polar surface area (TPSA) is 9.23 Å². The van der Waals surface area contributed by atoms with Crippen LogP contribution in [0.1, 0.15) is 0 Å². The van der Waals surface area contributed by atoms with Crippen molar-refractivity contribution in [3.63, 3.8) is 0 Å². The van der Waals surface area contributed by atoms with Crippen LogP contribution in [0.25, 0.3) is 0 Å². The summed E-state index contributed by atoms with van der Waals surface area (Å²) in [5.41, 5.74) is 0. The van der Waals surface area contributed by atoms with Gasteiger partial charge in [0.2, 0.25) is 0 Å². The normalized spacial score (nSPS) is 10.9. The number of rotatable bonds is 2. The average Bonchev–Trinajstić information content (AvgIpc) is 2.01. The zero-order chi connectivity index (χ0) is 10.8. The molecule has 0 atom stereocenters. The summed E-state index contributed by atoms with van der Waals surface area (Å²) in [6, 6.07) is 2.97. The third-order valence-electron chi connectivity index (χ3n) is 1.40. The van der Waals surface area contributed by atoms with Gasteiger partial charge in [0, 0.05) is 0 Å². The van der Waals surface area contributed by atoms with Crippen LogP contribution in [0.5, 0.6) is 5.75 Å². The molecule has 14 heavy (non-hydrogen) atoms. The van der Waals surface area contributed by atoms with E-state index in [4.69, 9.17) is 9.69 Å². The van der Waals surface area contributed by atoms with Crippen molar-refractivity contribution in [2.75, 3.05) is 0 Å². The fourth-order valence-electron chi connectivity index (χ4n) is 0.834. The summed E-state index contributed by atoms with van der Waals surface area (Å²) in [4.78, 5) is 0. The van der Waals surface area contributed by atoms with E-state index in [1.165, 1.54) is 6.07 Å². The van der Waals surface area contributed by atoms with Gasteiger partial charge in [-0.3, -0.25) is 0 Å². The SMILES string of the molecule is Fc1cc(OC(F)(F)F)cc[c]1[Zn][Cl]. The Hall–Kier alpha value is -0.347. The van der Waals surface area contributed by atoms with Crippen molar-refractivity contribution in [3.05, 3.63) is 24.0 Å². The molecule has 0 fully saturated rings. The van der Waals surface area contributed by atoms with Crippen LogP contribution in [0.15, 0.2) is 18.2 Å². The summed E-state index contributed by atoms with van der Waals surface area (Å²) in [7, 11) is 5.50. The van der Waals surface area contributed by atoms with Gasteiger partial charge in [-0.25, -0.2) is 0 Å². The van der Waals surface area contributed by atoms with Gasteiger partial charge in [0.25, 0.3) is 0 Å². The molecule has 0 saturated heterocycles. The van der Waals surface area contributed by atoms with Gasteiger partial charge in [-0.15, -0.1) is 0 Å². The van der Waals surface area contributed by atoms with Crippen LogP contribution in [-0.4, -0.2) is 6.36 Å². The molecular formula is C7H3ClF4OZn. The second-order valence-corrected chi connectivity index (χ2v) is 5.98. The molecule has 0 aliphatic rings. The maximum absolute atomic E-state index is 12.9. The summed E-state index contributed by atoms with van der Waals surface area (Å²) in [6.07, 6.45) is -4.80. The first-order valence-corrected chi connectivity index (χ1v) is 8.91. The van der Waals surface area contributed by atoms with Crippen LogP contribution in [0.4, 0.5) is 17.6 Å². The minimum atomic E-state index is -4.80. The van der Waals surface area contributed by atoms with Crippen molar-refractivity contribution in [1.82, 2.24) is 0 Å². The van der Waals surface area contributed by atoms with Crippen molar-refractivity contribution in [1.29, 1.82) is 0 Å². The summed E-state index contributed by atoms with van der Waals surface area (Å²) < 4.78 is 51.9. The number of hydrogen-bond acceptors (Lipinski definition) is 1. The molecule has 0 bridgehead atoms. The third kappa shape index (κ3) is 3.42. The Bertz CT molecular complexity index is 328. The van der Waals surface area contributed by atoms with E-state index in [9.17, 15) is 17.6 Å². The average molecular weight is 280 g/mol. The van der Waals surface area contributed by atoms with Gasteiger partial charge in [0.15, 0.2) is 0 Å². The fourth-order valence-corrected chi connectivity index (χ4v) is 2.88.